The molecule has 0 radical (unpaired) electrons. The van der Waals surface area contributed by atoms with Crippen molar-refractivity contribution in [3.05, 3.63) is 53.6 Å². The van der Waals surface area contributed by atoms with Gasteiger partial charge in [0.25, 0.3) is 0 Å². The molecule has 0 aliphatic rings. The molecule has 0 atom stereocenters. The Labute approximate surface area is 130 Å². The number of rotatable bonds is 8. The number of hydrogen-bond acceptors (Lipinski definition) is 3. The molecular formula is C17H20ClNO2. The largest absolute Gasteiger partial charge is 0.494 e. The Balaban J connectivity index is 1.72. The predicted octanol–water partition coefficient (Wildman–Crippen LogP) is 4.62. The molecular weight excluding hydrogens is 286 g/mol. The van der Waals surface area contributed by atoms with Crippen LogP contribution >= 0.6 is 11.6 Å². The van der Waals surface area contributed by atoms with Gasteiger partial charge in [0, 0.05) is 12.2 Å². The summed E-state index contributed by atoms with van der Waals surface area (Å²) in [5.41, 5.74) is 1.04. The normalized spacial score (nSPS) is 10.2. The molecule has 2 aromatic rings. The maximum absolute atomic E-state index is 6.02. The highest BCUT2D eigenvalue weighted by Crippen LogP contribution is 2.23. The summed E-state index contributed by atoms with van der Waals surface area (Å²) in [7, 11) is 0. The summed E-state index contributed by atoms with van der Waals surface area (Å²) in [6.07, 6.45) is 1.01. The van der Waals surface area contributed by atoms with Gasteiger partial charge in [0.15, 0.2) is 0 Å². The van der Waals surface area contributed by atoms with E-state index < -0.39 is 0 Å². The summed E-state index contributed by atoms with van der Waals surface area (Å²) in [5, 5.41) is 3.93. The van der Waals surface area contributed by atoms with Crippen molar-refractivity contribution in [2.45, 2.75) is 13.3 Å². The van der Waals surface area contributed by atoms with Crippen LogP contribution in [-0.4, -0.2) is 19.8 Å². The topological polar surface area (TPSA) is 30.5 Å². The zero-order chi connectivity index (χ0) is 14.9. The minimum atomic E-state index is 0.553. The number of halogens is 1. The molecule has 2 rings (SSSR count). The van der Waals surface area contributed by atoms with Gasteiger partial charge in [0.05, 0.1) is 11.6 Å². The molecule has 0 saturated heterocycles. The zero-order valence-corrected chi connectivity index (χ0v) is 12.9. The first-order valence-corrected chi connectivity index (χ1v) is 7.51. The van der Waals surface area contributed by atoms with Gasteiger partial charge in [-0.2, -0.15) is 0 Å². The van der Waals surface area contributed by atoms with Gasteiger partial charge in [0.2, 0.25) is 0 Å². The van der Waals surface area contributed by atoms with Crippen molar-refractivity contribution in [1.82, 2.24) is 0 Å². The maximum atomic E-state index is 6.02. The molecule has 0 saturated carbocycles. The molecule has 0 fully saturated rings. The molecule has 2 aromatic carbocycles. The highest BCUT2D eigenvalue weighted by atomic mass is 35.5. The fourth-order valence-corrected chi connectivity index (χ4v) is 2.00. The third kappa shape index (κ3) is 5.20. The van der Waals surface area contributed by atoms with Crippen LogP contribution < -0.4 is 14.8 Å². The quantitative estimate of drug-likeness (QED) is 0.722. The van der Waals surface area contributed by atoms with Crippen LogP contribution in [-0.2, 0) is 0 Å². The molecule has 0 amide bonds. The standard InChI is InChI=1S/C17H20ClNO2/c1-2-12-20-15-9-7-14(8-10-15)19-11-13-21-17-6-4-3-5-16(17)18/h3-10,19H,2,11-13H2,1H3. The summed E-state index contributed by atoms with van der Waals surface area (Å²) in [4.78, 5) is 0. The highest BCUT2D eigenvalue weighted by Gasteiger charge is 1.99. The van der Waals surface area contributed by atoms with Crippen molar-refractivity contribution in [3.63, 3.8) is 0 Å². The van der Waals surface area contributed by atoms with Crippen molar-refractivity contribution in [2.24, 2.45) is 0 Å². The number of anilines is 1. The van der Waals surface area contributed by atoms with Gasteiger partial charge in [0.1, 0.15) is 18.1 Å². The third-order valence-electron chi connectivity index (χ3n) is 2.85. The molecule has 0 aliphatic heterocycles. The van der Waals surface area contributed by atoms with Gasteiger partial charge in [-0.1, -0.05) is 30.7 Å². The zero-order valence-electron chi connectivity index (χ0n) is 12.1. The second-order valence-electron chi connectivity index (χ2n) is 4.58. The van der Waals surface area contributed by atoms with E-state index in [4.69, 9.17) is 21.1 Å². The lowest BCUT2D eigenvalue weighted by atomic mass is 10.3. The lowest BCUT2D eigenvalue weighted by Gasteiger charge is -2.10. The van der Waals surface area contributed by atoms with Crippen molar-refractivity contribution in [2.75, 3.05) is 25.1 Å². The molecule has 0 aliphatic carbocycles. The van der Waals surface area contributed by atoms with E-state index in [0.29, 0.717) is 23.9 Å². The molecule has 1 N–H and O–H groups in total. The van der Waals surface area contributed by atoms with Gasteiger partial charge in [-0.3, -0.25) is 0 Å². The molecule has 0 heterocycles. The van der Waals surface area contributed by atoms with Gasteiger partial charge >= 0.3 is 0 Å². The summed E-state index contributed by atoms with van der Waals surface area (Å²) >= 11 is 6.02. The maximum Gasteiger partial charge on any atom is 0.137 e. The summed E-state index contributed by atoms with van der Waals surface area (Å²) in [6.45, 7) is 4.10. The van der Waals surface area contributed by atoms with Crippen LogP contribution in [0.3, 0.4) is 0 Å². The average Bonchev–Trinajstić information content (AvgIpc) is 2.52. The van der Waals surface area contributed by atoms with Crippen LogP contribution in [0.25, 0.3) is 0 Å². The van der Waals surface area contributed by atoms with E-state index in [0.717, 1.165) is 24.5 Å². The first-order chi connectivity index (χ1) is 10.3. The molecule has 21 heavy (non-hydrogen) atoms. The summed E-state index contributed by atoms with van der Waals surface area (Å²) < 4.78 is 11.2. The molecule has 0 unspecified atom stereocenters. The van der Waals surface area contributed by atoms with Gasteiger partial charge in [-0.15, -0.1) is 0 Å². The molecule has 0 bridgehead atoms. The van der Waals surface area contributed by atoms with E-state index in [1.165, 1.54) is 0 Å². The first-order valence-electron chi connectivity index (χ1n) is 7.13. The highest BCUT2D eigenvalue weighted by molar-refractivity contribution is 6.32. The van der Waals surface area contributed by atoms with Crippen molar-refractivity contribution < 1.29 is 9.47 Å². The Morgan fingerprint density at radius 1 is 0.952 bits per heavy atom. The Morgan fingerprint density at radius 3 is 2.43 bits per heavy atom. The fourth-order valence-electron chi connectivity index (χ4n) is 1.81. The minimum Gasteiger partial charge on any atom is -0.494 e. The van der Waals surface area contributed by atoms with Crippen molar-refractivity contribution >= 4 is 17.3 Å². The van der Waals surface area contributed by atoms with Crippen LogP contribution in [0.15, 0.2) is 48.5 Å². The van der Waals surface area contributed by atoms with E-state index in [1.54, 1.807) is 0 Å². The lowest BCUT2D eigenvalue weighted by Crippen LogP contribution is -2.11. The Kier molecular flexibility index (Phi) is 6.22. The van der Waals surface area contributed by atoms with Gasteiger partial charge < -0.3 is 14.8 Å². The summed E-state index contributed by atoms with van der Waals surface area (Å²) in [5.74, 6) is 1.61. The number of hydrogen-bond donors (Lipinski definition) is 1. The summed E-state index contributed by atoms with van der Waals surface area (Å²) in [6, 6.07) is 15.4. The molecule has 112 valence electrons. The molecule has 3 nitrogen and oxygen atoms in total. The molecule has 0 aromatic heterocycles. The number of para-hydroxylation sites is 1. The van der Waals surface area contributed by atoms with E-state index in [2.05, 4.69) is 12.2 Å². The first kappa shape index (κ1) is 15.5. The van der Waals surface area contributed by atoms with Crippen LogP contribution in [0.2, 0.25) is 5.02 Å². The van der Waals surface area contributed by atoms with Crippen LogP contribution in [0.1, 0.15) is 13.3 Å². The Morgan fingerprint density at radius 2 is 1.71 bits per heavy atom. The van der Waals surface area contributed by atoms with E-state index >= 15 is 0 Å². The Hall–Kier alpha value is -1.87. The van der Waals surface area contributed by atoms with E-state index in [-0.39, 0.29) is 0 Å². The number of ether oxygens (including phenoxy) is 2. The fraction of sp³-hybridized carbons (Fsp3) is 0.294. The lowest BCUT2D eigenvalue weighted by molar-refractivity contribution is 0.317. The van der Waals surface area contributed by atoms with Crippen molar-refractivity contribution in [3.8, 4) is 11.5 Å². The predicted molar refractivity (Wildman–Crippen MR) is 87.7 cm³/mol. The third-order valence-corrected chi connectivity index (χ3v) is 3.16. The monoisotopic (exact) mass is 305 g/mol. The van der Waals surface area contributed by atoms with Crippen LogP contribution in [0, 0.1) is 0 Å². The molecule has 4 heteroatoms. The average molecular weight is 306 g/mol. The second-order valence-corrected chi connectivity index (χ2v) is 4.99. The molecule has 0 spiro atoms. The van der Waals surface area contributed by atoms with E-state index in [9.17, 15) is 0 Å². The number of nitrogens with one attached hydrogen (secondary N) is 1. The van der Waals surface area contributed by atoms with Crippen LogP contribution in [0.4, 0.5) is 5.69 Å². The number of benzene rings is 2. The van der Waals surface area contributed by atoms with Crippen molar-refractivity contribution in [1.29, 1.82) is 0 Å². The SMILES string of the molecule is CCCOc1ccc(NCCOc2ccccc2Cl)cc1. The smallest absolute Gasteiger partial charge is 0.137 e. The van der Waals surface area contributed by atoms with Crippen LogP contribution in [0.5, 0.6) is 11.5 Å². The van der Waals surface area contributed by atoms with Gasteiger partial charge in [-0.05, 0) is 42.8 Å². The van der Waals surface area contributed by atoms with E-state index in [1.807, 2.05) is 48.5 Å². The minimum absolute atomic E-state index is 0.553. The van der Waals surface area contributed by atoms with Gasteiger partial charge in [-0.25, -0.2) is 0 Å². The Bertz CT molecular complexity index is 543. The second kappa shape index (κ2) is 8.42.